The molecule has 2 amide bonds. The molecule has 2 N–H and O–H groups in total. The van der Waals surface area contributed by atoms with Crippen LogP contribution in [-0.4, -0.2) is 30.0 Å². The maximum absolute atomic E-state index is 12.5. The van der Waals surface area contributed by atoms with Crippen molar-refractivity contribution in [1.29, 1.82) is 0 Å². The van der Waals surface area contributed by atoms with Gasteiger partial charge < -0.3 is 19.7 Å². The van der Waals surface area contributed by atoms with Gasteiger partial charge in [0.15, 0.2) is 0 Å². The Hall–Kier alpha value is -2.60. The predicted octanol–water partition coefficient (Wildman–Crippen LogP) is 1.81. The molecule has 0 spiro atoms. The minimum absolute atomic E-state index is 0.112. The van der Waals surface area contributed by atoms with Gasteiger partial charge in [-0.1, -0.05) is 12.1 Å². The van der Waals surface area contributed by atoms with Crippen LogP contribution in [-0.2, 0) is 21.6 Å². The number of hydrogen-bond donors (Lipinski definition) is 2. The van der Waals surface area contributed by atoms with E-state index in [9.17, 15) is 14.7 Å². The summed E-state index contributed by atoms with van der Waals surface area (Å²) in [5, 5.41) is 13.0. The van der Waals surface area contributed by atoms with E-state index >= 15 is 0 Å². The first kappa shape index (κ1) is 17.2. The molecule has 0 bridgehead atoms. The van der Waals surface area contributed by atoms with Gasteiger partial charge in [-0.15, -0.1) is 0 Å². The lowest BCUT2D eigenvalue weighted by Gasteiger charge is -2.22. The first-order chi connectivity index (χ1) is 11.8. The van der Waals surface area contributed by atoms with Gasteiger partial charge in [0.05, 0.1) is 6.54 Å². The highest BCUT2D eigenvalue weighted by Gasteiger charge is 2.32. The van der Waals surface area contributed by atoms with Crippen molar-refractivity contribution in [3.05, 3.63) is 53.0 Å². The summed E-state index contributed by atoms with van der Waals surface area (Å²) in [5.74, 6) is -0.338. The summed E-state index contributed by atoms with van der Waals surface area (Å²) >= 11 is 0. The van der Waals surface area contributed by atoms with Gasteiger partial charge in [0.1, 0.15) is 17.1 Å². The second-order valence-corrected chi connectivity index (χ2v) is 6.65. The Morgan fingerprint density at radius 3 is 2.72 bits per heavy atom. The summed E-state index contributed by atoms with van der Waals surface area (Å²) in [7, 11) is 0. The number of aliphatic hydroxyl groups is 1. The fourth-order valence-corrected chi connectivity index (χ4v) is 3.08. The van der Waals surface area contributed by atoms with Gasteiger partial charge in [-0.3, -0.25) is 9.59 Å². The number of fused-ring (bicyclic) bond motifs is 1. The molecule has 1 aromatic carbocycles. The van der Waals surface area contributed by atoms with Gasteiger partial charge in [-0.25, -0.2) is 0 Å². The van der Waals surface area contributed by atoms with E-state index in [1.165, 1.54) is 11.8 Å². The van der Waals surface area contributed by atoms with Gasteiger partial charge in [0, 0.05) is 12.2 Å². The van der Waals surface area contributed by atoms with Gasteiger partial charge in [0.25, 0.3) is 0 Å². The molecule has 132 valence electrons. The Bertz CT molecular complexity index is 823. The number of carbonyl (C=O) groups is 2. The molecule has 2 aromatic rings. The predicted molar refractivity (Wildman–Crippen MR) is 93.3 cm³/mol. The van der Waals surface area contributed by atoms with Gasteiger partial charge >= 0.3 is 11.8 Å². The summed E-state index contributed by atoms with van der Waals surface area (Å²) in [6.07, 6.45) is 0.740. The minimum Gasteiger partial charge on any atom is -0.463 e. The lowest BCUT2D eigenvalue weighted by atomic mass is 10.0. The average molecular weight is 342 g/mol. The average Bonchev–Trinajstić information content (AvgIpc) is 3.19. The number of benzene rings is 1. The van der Waals surface area contributed by atoms with Crippen LogP contribution in [0.5, 0.6) is 0 Å². The largest absolute Gasteiger partial charge is 0.463 e. The van der Waals surface area contributed by atoms with E-state index in [1.807, 2.05) is 25.1 Å². The number of anilines is 1. The topological polar surface area (TPSA) is 82.8 Å². The van der Waals surface area contributed by atoms with Crippen LogP contribution in [0.3, 0.4) is 0 Å². The SMILES string of the molecule is Cc1ccc(C(C)(O)CNC(=O)C(=O)N2CCc3c(C)cccc32)o1. The van der Waals surface area contributed by atoms with Crippen LogP contribution in [0.2, 0.25) is 0 Å². The molecular weight excluding hydrogens is 320 g/mol. The molecule has 1 aromatic heterocycles. The zero-order chi connectivity index (χ0) is 18.2. The smallest absolute Gasteiger partial charge is 0.316 e. The number of amides is 2. The zero-order valence-corrected chi connectivity index (χ0v) is 14.6. The van der Waals surface area contributed by atoms with E-state index in [0.29, 0.717) is 18.1 Å². The first-order valence-electron chi connectivity index (χ1n) is 8.27. The Labute approximate surface area is 146 Å². The van der Waals surface area contributed by atoms with Crippen molar-refractivity contribution < 1.29 is 19.1 Å². The van der Waals surface area contributed by atoms with E-state index in [4.69, 9.17) is 4.42 Å². The second-order valence-electron chi connectivity index (χ2n) is 6.65. The Kier molecular flexibility index (Phi) is 4.39. The number of rotatable bonds is 3. The molecule has 0 aliphatic carbocycles. The van der Waals surface area contributed by atoms with Crippen molar-refractivity contribution in [2.45, 2.75) is 32.8 Å². The van der Waals surface area contributed by atoms with Crippen LogP contribution in [0.15, 0.2) is 34.7 Å². The molecule has 0 fully saturated rings. The monoisotopic (exact) mass is 342 g/mol. The zero-order valence-electron chi connectivity index (χ0n) is 14.6. The fraction of sp³-hybridized carbons (Fsp3) is 0.368. The molecule has 2 heterocycles. The van der Waals surface area contributed by atoms with Crippen molar-refractivity contribution in [2.75, 3.05) is 18.0 Å². The van der Waals surface area contributed by atoms with Crippen molar-refractivity contribution in [1.82, 2.24) is 5.32 Å². The van der Waals surface area contributed by atoms with E-state index in [2.05, 4.69) is 5.32 Å². The third-order valence-corrected chi connectivity index (χ3v) is 4.57. The van der Waals surface area contributed by atoms with Crippen molar-refractivity contribution >= 4 is 17.5 Å². The summed E-state index contributed by atoms with van der Waals surface area (Å²) in [6.45, 7) is 5.67. The summed E-state index contributed by atoms with van der Waals surface area (Å²) in [4.78, 5) is 26.2. The third-order valence-electron chi connectivity index (χ3n) is 4.57. The Morgan fingerprint density at radius 1 is 1.28 bits per heavy atom. The third kappa shape index (κ3) is 3.30. The van der Waals surface area contributed by atoms with Gasteiger partial charge in [0.2, 0.25) is 0 Å². The molecule has 6 heteroatoms. The van der Waals surface area contributed by atoms with Crippen LogP contribution in [0.1, 0.15) is 29.6 Å². The molecule has 1 atom stereocenters. The highest BCUT2D eigenvalue weighted by molar-refractivity contribution is 6.40. The molecule has 1 aliphatic heterocycles. The fourth-order valence-electron chi connectivity index (χ4n) is 3.08. The van der Waals surface area contributed by atoms with Gasteiger partial charge in [-0.05, 0) is 56.5 Å². The highest BCUT2D eigenvalue weighted by Crippen LogP contribution is 2.30. The van der Waals surface area contributed by atoms with Crippen LogP contribution in [0.25, 0.3) is 0 Å². The van der Waals surface area contributed by atoms with E-state index in [0.717, 1.165) is 23.2 Å². The Morgan fingerprint density at radius 2 is 2.04 bits per heavy atom. The lowest BCUT2D eigenvalue weighted by Crippen LogP contribution is -2.46. The maximum Gasteiger partial charge on any atom is 0.316 e. The van der Waals surface area contributed by atoms with Crippen molar-refractivity contribution in [2.24, 2.45) is 0 Å². The molecule has 6 nitrogen and oxygen atoms in total. The molecule has 25 heavy (non-hydrogen) atoms. The van der Waals surface area contributed by atoms with Crippen LogP contribution >= 0.6 is 0 Å². The Balaban J connectivity index is 1.67. The first-order valence-corrected chi connectivity index (χ1v) is 8.27. The maximum atomic E-state index is 12.5. The lowest BCUT2D eigenvalue weighted by molar-refractivity contribution is -0.138. The van der Waals surface area contributed by atoms with E-state index in [-0.39, 0.29) is 6.54 Å². The quantitative estimate of drug-likeness (QED) is 0.834. The van der Waals surface area contributed by atoms with E-state index < -0.39 is 17.4 Å². The number of nitrogens with one attached hydrogen (secondary N) is 1. The van der Waals surface area contributed by atoms with Crippen LogP contribution in [0, 0.1) is 13.8 Å². The van der Waals surface area contributed by atoms with Crippen molar-refractivity contribution in [3.63, 3.8) is 0 Å². The highest BCUT2D eigenvalue weighted by atomic mass is 16.4. The number of aryl methyl sites for hydroxylation is 2. The molecule has 0 saturated heterocycles. The van der Waals surface area contributed by atoms with Crippen LogP contribution < -0.4 is 10.2 Å². The minimum atomic E-state index is -1.39. The number of furan rings is 1. The van der Waals surface area contributed by atoms with E-state index in [1.54, 1.807) is 19.1 Å². The van der Waals surface area contributed by atoms with Gasteiger partial charge in [-0.2, -0.15) is 0 Å². The molecule has 1 aliphatic rings. The second kappa shape index (κ2) is 6.37. The van der Waals surface area contributed by atoms with Crippen LogP contribution in [0.4, 0.5) is 5.69 Å². The molecular formula is C19H22N2O4. The number of nitrogens with zero attached hydrogens (tertiary/aromatic N) is 1. The summed E-state index contributed by atoms with van der Waals surface area (Å²) < 4.78 is 5.40. The standard InChI is InChI=1S/C19H22N2O4/c1-12-5-4-6-15-14(12)9-10-21(15)18(23)17(22)20-11-19(3,24)16-8-7-13(2)25-16/h4-8,24H,9-11H2,1-3H3,(H,20,22). The summed E-state index contributed by atoms with van der Waals surface area (Å²) in [5.41, 5.74) is 1.61. The normalized spacial score (nSPS) is 15.6. The molecule has 1 unspecified atom stereocenters. The number of carbonyl (C=O) groups excluding carboxylic acids is 2. The number of hydrogen-bond acceptors (Lipinski definition) is 4. The molecule has 3 rings (SSSR count). The molecule has 0 radical (unpaired) electrons. The summed E-state index contributed by atoms with van der Waals surface area (Å²) in [6, 6.07) is 9.11. The van der Waals surface area contributed by atoms with Crippen molar-refractivity contribution in [3.8, 4) is 0 Å². The molecule has 0 saturated carbocycles.